The maximum atomic E-state index is 2.67. The van der Waals surface area contributed by atoms with Gasteiger partial charge in [0, 0.05) is 0 Å². The van der Waals surface area contributed by atoms with E-state index in [1.165, 1.54) is 154 Å². The fourth-order valence-corrected chi connectivity index (χ4v) is 6.00. The third-order valence-corrected chi connectivity index (χ3v) is 8.48. The lowest BCUT2D eigenvalue weighted by atomic mass is 9.83. The van der Waals surface area contributed by atoms with Gasteiger partial charge in [0.05, 0.1) is 0 Å². The molecule has 0 spiro atoms. The van der Waals surface area contributed by atoms with Gasteiger partial charge in [-0.1, -0.05) is 180 Å². The van der Waals surface area contributed by atoms with Crippen LogP contribution in [0.25, 0.3) is 0 Å². The Labute approximate surface area is 228 Å². The Morgan fingerprint density at radius 3 is 1.00 bits per heavy atom. The van der Waals surface area contributed by atoms with Gasteiger partial charge in [-0.05, 0) is 48.6 Å². The summed E-state index contributed by atoms with van der Waals surface area (Å²) in [6.07, 6.45) is 33.8. The Kier molecular flexibility index (Phi) is 22.7. The monoisotopic (exact) mass is 499 g/mol. The average Bonchev–Trinajstić information content (AvgIpc) is 2.90. The molecule has 0 aliphatic heterocycles. The molecule has 1 rings (SSSR count). The van der Waals surface area contributed by atoms with Crippen LogP contribution in [-0.4, -0.2) is 0 Å². The van der Waals surface area contributed by atoms with Crippen molar-refractivity contribution in [1.82, 2.24) is 0 Å². The largest absolute Gasteiger partial charge is 0.0654 e. The zero-order chi connectivity index (χ0) is 26.1. The maximum absolute atomic E-state index is 2.67. The fourth-order valence-electron chi connectivity index (χ4n) is 6.00. The molecule has 2 atom stereocenters. The maximum Gasteiger partial charge on any atom is -0.0162 e. The van der Waals surface area contributed by atoms with Crippen molar-refractivity contribution < 1.29 is 0 Å². The van der Waals surface area contributed by atoms with Crippen molar-refractivity contribution in [3.05, 3.63) is 35.4 Å². The number of hydrogen-bond donors (Lipinski definition) is 0. The third kappa shape index (κ3) is 16.9. The van der Waals surface area contributed by atoms with Crippen LogP contribution in [0.5, 0.6) is 0 Å². The van der Waals surface area contributed by atoms with Crippen LogP contribution in [-0.2, 0) is 0 Å². The standard InChI is InChI=1S/C36H66/c1-5-9-13-17-19-23-28-33(26-21-15-11-7-3)35-30-25-31-36(32-35)34(27-22-16-12-8-4)29-24-20-18-14-10-6-2/h25,30-34H,5-24,26-29H2,1-4H3. The number of rotatable bonds is 26. The molecule has 0 heterocycles. The summed E-state index contributed by atoms with van der Waals surface area (Å²) in [5.74, 6) is 1.56. The van der Waals surface area contributed by atoms with Crippen molar-refractivity contribution in [3.8, 4) is 0 Å². The van der Waals surface area contributed by atoms with E-state index in [0.717, 1.165) is 11.8 Å². The predicted molar refractivity (Wildman–Crippen MR) is 165 cm³/mol. The SMILES string of the molecule is CCCCCCCCC(CCCCCC)c1cccc(C(CCCCCC)CCCCCCCC)c1. The van der Waals surface area contributed by atoms with Crippen LogP contribution in [0.2, 0.25) is 0 Å². The minimum Gasteiger partial charge on any atom is -0.0654 e. The minimum absolute atomic E-state index is 0.780. The van der Waals surface area contributed by atoms with E-state index in [1.54, 1.807) is 11.1 Å². The van der Waals surface area contributed by atoms with Gasteiger partial charge in [0.2, 0.25) is 0 Å². The van der Waals surface area contributed by atoms with Crippen LogP contribution in [0.1, 0.15) is 205 Å². The molecular formula is C36H66. The first-order chi connectivity index (χ1) is 17.8. The highest BCUT2D eigenvalue weighted by Crippen LogP contribution is 2.34. The van der Waals surface area contributed by atoms with E-state index in [-0.39, 0.29) is 0 Å². The summed E-state index contributed by atoms with van der Waals surface area (Å²) >= 11 is 0. The lowest BCUT2D eigenvalue weighted by Gasteiger charge is -2.22. The van der Waals surface area contributed by atoms with Crippen molar-refractivity contribution in [1.29, 1.82) is 0 Å². The second-order valence-electron chi connectivity index (χ2n) is 11.9. The van der Waals surface area contributed by atoms with Crippen molar-refractivity contribution in [2.75, 3.05) is 0 Å². The minimum atomic E-state index is 0.780. The van der Waals surface area contributed by atoms with Gasteiger partial charge in [0.25, 0.3) is 0 Å². The summed E-state index contributed by atoms with van der Waals surface area (Å²) in [5, 5.41) is 0. The van der Waals surface area contributed by atoms with E-state index >= 15 is 0 Å². The van der Waals surface area contributed by atoms with Crippen LogP contribution in [0.4, 0.5) is 0 Å². The van der Waals surface area contributed by atoms with Gasteiger partial charge in [-0.25, -0.2) is 0 Å². The Morgan fingerprint density at radius 1 is 0.389 bits per heavy atom. The summed E-state index contributed by atoms with van der Waals surface area (Å²) in [5.41, 5.74) is 3.33. The molecule has 36 heavy (non-hydrogen) atoms. The Hall–Kier alpha value is -0.780. The first-order valence-corrected chi connectivity index (χ1v) is 16.9. The second kappa shape index (κ2) is 24.6. The van der Waals surface area contributed by atoms with Gasteiger partial charge in [-0.2, -0.15) is 0 Å². The molecule has 0 aromatic heterocycles. The Balaban J connectivity index is 2.79. The van der Waals surface area contributed by atoms with E-state index in [0.29, 0.717) is 0 Å². The Bertz CT molecular complexity index is 526. The van der Waals surface area contributed by atoms with Gasteiger partial charge in [0.1, 0.15) is 0 Å². The lowest BCUT2D eigenvalue weighted by molar-refractivity contribution is 0.483. The zero-order valence-electron chi connectivity index (χ0n) is 25.4. The van der Waals surface area contributed by atoms with Crippen molar-refractivity contribution in [3.63, 3.8) is 0 Å². The Morgan fingerprint density at radius 2 is 0.667 bits per heavy atom. The topological polar surface area (TPSA) is 0 Å². The second-order valence-corrected chi connectivity index (χ2v) is 11.9. The van der Waals surface area contributed by atoms with E-state index in [4.69, 9.17) is 0 Å². The normalized spacial score (nSPS) is 13.2. The smallest absolute Gasteiger partial charge is 0.0162 e. The summed E-state index contributed by atoms with van der Waals surface area (Å²) < 4.78 is 0. The van der Waals surface area contributed by atoms with E-state index in [1.807, 2.05) is 0 Å². The molecule has 0 saturated carbocycles. The molecular weight excluding hydrogens is 432 g/mol. The fraction of sp³-hybridized carbons (Fsp3) is 0.833. The predicted octanol–water partition coefficient (Wildman–Crippen LogP) is 13.3. The molecule has 2 unspecified atom stereocenters. The molecule has 0 N–H and O–H groups in total. The van der Waals surface area contributed by atoms with Gasteiger partial charge >= 0.3 is 0 Å². The molecule has 0 heteroatoms. The van der Waals surface area contributed by atoms with E-state index in [2.05, 4.69) is 52.0 Å². The lowest BCUT2D eigenvalue weighted by Crippen LogP contribution is -2.04. The van der Waals surface area contributed by atoms with Crippen LogP contribution in [0.15, 0.2) is 24.3 Å². The summed E-state index contributed by atoms with van der Waals surface area (Å²) in [6.45, 7) is 9.31. The van der Waals surface area contributed by atoms with Crippen LogP contribution in [0, 0.1) is 0 Å². The molecule has 0 aliphatic carbocycles. The van der Waals surface area contributed by atoms with Gasteiger partial charge in [-0.15, -0.1) is 0 Å². The molecule has 0 nitrogen and oxygen atoms in total. The molecule has 0 aliphatic rings. The van der Waals surface area contributed by atoms with Crippen LogP contribution >= 0.6 is 0 Å². The first kappa shape index (κ1) is 33.2. The average molecular weight is 499 g/mol. The highest BCUT2D eigenvalue weighted by Gasteiger charge is 2.16. The van der Waals surface area contributed by atoms with Crippen LogP contribution < -0.4 is 0 Å². The molecule has 0 bridgehead atoms. The molecule has 0 fully saturated rings. The third-order valence-electron chi connectivity index (χ3n) is 8.48. The number of hydrogen-bond acceptors (Lipinski definition) is 0. The van der Waals surface area contributed by atoms with Gasteiger partial charge in [0.15, 0.2) is 0 Å². The van der Waals surface area contributed by atoms with Crippen molar-refractivity contribution in [2.45, 2.75) is 194 Å². The van der Waals surface area contributed by atoms with Crippen LogP contribution in [0.3, 0.4) is 0 Å². The van der Waals surface area contributed by atoms with Crippen molar-refractivity contribution in [2.24, 2.45) is 0 Å². The highest BCUT2D eigenvalue weighted by molar-refractivity contribution is 5.29. The summed E-state index contributed by atoms with van der Waals surface area (Å²) in [7, 11) is 0. The summed E-state index contributed by atoms with van der Waals surface area (Å²) in [6, 6.07) is 10.0. The number of unbranched alkanes of at least 4 members (excludes halogenated alkanes) is 16. The van der Waals surface area contributed by atoms with Crippen molar-refractivity contribution >= 4 is 0 Å². The van der Waals surface area contributed by atoms with Gasteiger partial charge in [-0.3, -0.25) is 0 Å². The molecule has 1 aromatic rings. The molecule has 1 aromatic carbocycles. The van der Waals surface area contributed by atoms with Gasteiger partial charge < -0.3 is 0 Å². The molecule has 0 amide bonds. The highest BCUT2D eigenvalue weighted by atomic mass is 14.2. The first-order valence-electron chi connectivity index (χ1n) is 16.9. The van der Waals surface area contributed by atoms with E-state index in [9.17, 15) is 0 Å². The number of benzene rings is 1. The molecule has 0 saturated heterocycles. The summed E-state index contributed by atoms with van der Waals surface area (Å²) in [4.78, 5) is 0. The van der Waals surface area contributed by atoms with E-state index < -0.39 is 0 Å². The quantitative estimate of drug-likeness (QED) is 0.111. The zero-order valence-corrected chi connectivity index (χ0v) is 25.4. The molecule has 0 radical (unpaired) electrons. The molecule has 210 valence electrons.